The van der Waals surface area contributed by atoms with Gasteiger partial charge in [-0.1, -0.05) is 42.5 Å². The molecule has 0 aliphatic carbocycles. The van der Waals surface area contributed by atoms with E-state index in [4.69, 9.17) is 0 Å². The predicted molar refractivity (Wildman–Crippen MR) is 98.9 cm³/mol. The Kier molecular flexibility index (Phi) is 4.26. The van der Waals surface area contributed by atoms with Crippen molar-refractivity contribution in [2.24, 2.45) is 0 Å². The molecule has 0 fully saturated rings. The molecule has 0 spiro atoms. The highest BCUT2D eigenvalue weighted by Crippen LogP contribution is 2.26. The Labute approximate surface area is 142 Å². The monoisotopic (exact) mass is 315 g/mol. The zero-order chi connectivity index (χ0) is 16.2. The third kappa shape index (κ3) is 3.31. The molecule has 3 aromatic rings. The number of benzene rings is 2. The summed E-state index contributed by atoms with van der Waals surface area (Å²) in [7, 11) is 0. The molecule has 4 rings (SSSR count). The van der Waals surface area contributed by atoms with Crippen LogP contribution in [0.3, 0.4) is 0 Å². The van der Waals surface area contributed by atoms with Gasteiger partial charge in [0.25, 0.3) is 0 Å². The highest BCUT2D eigenvalue weighted by atomic mass is 15.0. The zero-order valence-electron chi connectivity index (χ0n) is 13.6. The van der Waals surface area contributed by atoms with Crippen LogP contribution in [-0.2, 0) is 13.0 Å². The molecule has 1 aliphatic rings. The lowest BCUT2D eigenvalue weighted by molar-refractivity contribution is 0.532. The number of rotatable bonds is 3. The van der Waals surface area contributed by atoms with Gasteiger partial charge in [-0.15, -0.1) is 0 Å². The van der Waals surface area contributed by atoms with E-state index in [9.17, 15) is 0 Å². The standard InChI is InChI=1S/C21H21N3/c1-2-6-16(7-3-1)17-9-10-21-18(12-17)14-23-20(15-24-21)13-19-8-4-5-11-22-19/h1-12,20,23-24H,13-15H2/t20-/m1/s1. The minimum absolute atomic E-state index is 0.382. The van der Waals surface area contributed by atoms with Gasteiger partial charge < -0.3 is 10.6 Å². The van der Waals surface area contributed by atoms with Crippen LogP contribution in [0.5, 0.6) is 0 Å². The number of hydrogen-bond donors (Lipinski definition) is 2. The molecule has 2 aromatic carbocycles. The smallest absolute Gasteiger partial charge is 0.0419 e. The fourth-order valence-corrected chi connectivity index (χ4v) is 3.20. The first-order chi connectivity index (χ1) is 11.9. The number of anilines is 1. The summed E-state index contributed by atoms with van der Waals surface area (Å²) >= 11 is 0. The van der Waals surface area contributed by atoms with E-state index in [1.165, 1.54) is 22.4 Å². The molecule has 0 saturated carbocycles. The van der Waals surface area contributed by atoms with E-state index in [-0.39, 0.29) is 0 Å². The summed E-state index contributed by atoms with van der Waals surface area (Å²) in [4.78, 5) is 4.44. The van der Waals surface area contributed by atoms with Crippen LogP contribution in [0.15, 0.2) is 72.9 Å². The molecule has 1 atom stereocenters. The van der Waals surface area contributed by atoms with E-state index < -0.39 is 0 Å². The normalized spacial score (nSPS) is 16.8. The summed E-state index contributed by atoms with van der Waals surface area (Å²) in [6.45, 7) is 1.79. The molecule has 120 valence electrons. The lowest BCUT2D eigenvalue weighted by atomic mass is 10.0. The van der Waals surface area contributed by atoms with Crippen LogP contribution in [0, 0.1) is 0 Å². The van der Waals surface area contributed by atoms with E-state index >= 15 is 0 Å². The number of aromatic nitrogens is 1. The average Bonchev–Trinajstić information content (AvgIpc) is 2.85. The summed E-state index contributed by atoms with van der Waals surface area (Å²) in [5, 5.41) is 7.25. The van der Waals surface area contributed by atoms with Gasteiger partial charge >= 0.3 is 0 Å². The van der Waals surface area contributed by atoms with E-state index in [2.05, 4.69) is 70.2 Å². The molecule has 3 heteroatoms. The Bertz CT molecular complexity index is 800. The van der Waals surface area contributed by atoms with Gasteiger partial charge in [0, 0.05) is 43.1 Å². The van der Waals surface area contributed by atoms with Crippen molar-refractivity contribution >= 4 is 5.69 Å². The molecule has 1 aliphatic heterocycles. The predicted octanol–water partition coefficient (Wildman–Crippen LogP) is 3.88. The summed E-state index contributed by atoms with van der Waals surface area (Å²) < 4.78 is 0. The molecule has 0 radical (unpaired) electrons. The summed E-state index contributed by atoms with van der Waals surface area (Å²) in [6, 6.07) is 23.7. The van der Waals surface area contributed by atoms with Crippen LogP contribution in [0.4, 0.5) is 5.69 Å². The third-order valence-corrected chi connectivity index (χ3v) is 4.51. The highest BCUT2D eigenvalue weighted by molar-refractivity contribution is 5.68. The molecular weight excluding hydrogens is 294 g/mol. The van der Waals surface area contributed by atoms with Crippen LogP contribution < -0.4 is 10.6 Å². The van der Waals surface area contributed by atoms with Gasteiger partial charge in [0.1, 0.15) is 0 Å². The maximum absolute atomic E-state index is 4.44. The van der Waals surface area contributed by atoms with Gasteiger partial charge in [-0.05, 0) is 41.0 Å². The third-order valence-electron chi connectivity index (χ3n) is 4.51. The van der Waals surface area contributed by atoms with Crippen LogP contribution >= 0.6 is 0 Å². The lowest BCUT2D eigenvalue weighted by Gasteiger charge is -2.15. The minimum atomic E-state index is 0.382. The van der Waals surface area contributed by atoms with Gasteiger partial charge in [0.15, 0.2) is 0 Å². The Morgan fingerprint density at radius 3 is 2.62 bits per heavy atom. The van der Waals surface area contributed by atoms with E-state index in [1.54, 1.807) is 0 Å². The molecule has 0 amide bonds. The topological polar surface area (TPSA) is 37.0 Å². The van der Waals surface area contributed by atoms with Crippen molar-refractivity contribution in [1.82, 2.24) is 10.3 Å². The molecule has 2 N–H and O–H groups in total. The van der Waals surface area contributed by atoms with Crippen molar-refractivity contribution < 1.29 is 0 Å². The van der Waals surface area contributed by atoms with Crippen LogP contribution in [0.1, 0.15) is 11.3 Å². The largest absolute Gasteiger partial charge is 0.383 e. The van der Waals surface area contributed by atoms with Crippen LogP contribution in [-0.4, -0.2) is 17.6 Å². The second kappa shape index (κ2) is 6.85. The van der Waals surface area contributed by atoms with Gasteiger partial charge in [0.2, 0.25) is 0 Å². The number of pyridine rings is 1. The Morgan fingerprint density at radius 2 is 1.79 bits per heavy atom. The lowest BCUT2D eigenvalue weighted by Crippen LogP contribution is -2.34. The first-order valence-corrected chi connectivity index (χ1v) is 8.44. The highest BCUT2D eigenvalue weighted by Gasteiger charge is 2.16. The van der Waals surface area contributed by atoms with Crippen LogP contribution in [0.2, 0.25) is 0 Å². The maximum Gasteiger partial charge on any atom is 0.0419 e. The van der Waals surface area contributed by atoms with Crippen molar-refractivity contribution in [3.8, 4) is 11.1 Å². The van der Waals surface area contributed by atoms with Gasteiger partial charge in [0.05, 0.1) is 0 Å². The van der Waals surface area contributed by atoms with Gasteiger partial charge in [-0.2, -0.15) is 0 Å². The second-order valence-electron chi connectivity index (χ2n) is 6.22. The van der Waals surface area contributed by atoms with Crippen molar-refractivity contribution in [2.75, 3.05) is 11.9 Å². The van der Waals surface area contributed by atoms with Crippen molar-refractivity contribution in [3.63, 3.8) is 0 Å². The molecule has 0 bridgehead atoms. The van der Waals surface area contributed by atoms with Crippen molar-refractivity contribution in [2.45, 2.75) is 19.0 Å². The Balaban J connectivity index is 1.51. The molecule has 3 nitrogen and oxygen atoms in total. The maximum atomic E-state index is 4.44. The SMILES string of the molecule is c1ccc(-c2ccc3c(c2)CN[C@H](Cc2ccccn2)CN3)cc1. The van der Waals surface area contributed by atoms with Crippen molar-refractivity contribution in [1.29, 1.82) is 0 Å². The van der Waals surface area contributed by atoms with Gasteiger partial charge in [-0.3, -0.25) is 4.98 Å². The molecule has 1 aromatic heterocycles. The van der Waals surface area contributed by atoms with E-state index in [0.29, 0.717) is 6.04 Å². The molecular formula is C21H21N3. The average molecular weight is 315 g/mol. The van der Waals surface area contributed by atoms with Crippen LogP contribution in [0.25, 0.3) is 11.1 Å². The van der Waals surface area contributed by atoms with Gasteiger partial charge in [-0.25, -0.2) is 0 Å². The molecule has 2 heterocycles. The summed E-state index contributed by atoms with van der Waals surface area (Å²) in [6.07, 6.45) is 2.80. The number of nitrogens with zero attached hydrogens (tertiary/aromatic N) is 1. The summed E-state index contributed by atoms with van der Waals surface area (Å²) in [5.74, 6) is 0. The quantitative estimate of drug-likeness (QED) is 0.770. The molecule has 0 unspecified atom stereocenters. The van der Waals surface area contributed by atoms with E-state index in [0.717, 1.165) is 25.2 Å². The summed E-state index contributed by atoms with van der Waals surface area (Å²) in [5.41, 5.74) is 6.20. The zero-order valence-corrected chi connectivity index (χ0v) is 13.6. The number of hydrogen-bond acceptors (Lipinski definition) is 3. The first kappa shape index (κ1) is 14.9. The van der Waals surface area contributed by atoms with Crippen molar-refractivity contribution in [3.05, 3.63) is 84.2 Å². The molecule has 24 heavy (non-hydrogen) atoms. The minimum Gasteiger partial charge on any atom is -0.383 e. The fourth-order valence-electron chi connectivity index (χ4n) is 3.20. The number of fused-ring (bicyclic) bond motifs is 1. The fraction of sp³-hybridized carbons (Fsp3) is 0.190. The second-order valence-corrected chi connectivity index (χ2v) is 6.22. The number of nitrogens with one attached hydrogen (secondary N) is 2. The Hall–Kier alpha value is -2.65. The Morgan fingerprint density at radius 1 is 0.917 bits per heavy atom. The first-order valence-electron chi connectivity index (χ1n) is 8.44. The molecule has 0 saturated heterocycles. The van der Waals surface area contributed by atoms with E-state index in [1.807, 2.05) is 18.3 Å².